The molecule has 1 N–H and O–H groups in total. The number of piperidine rings is 1. The van der Waals surface area contributed by atoms with Gasteiger partial charge in [0.15, 0.2) is 5.03 Å². The molecule has 9 nitrogen and oxygen atoms in total. The first-order valence-electron chi connectivity index (χ1n) is 9.24. The van der Waals surface area contributed by atoms with E-state index in [0.717, 1.165) is 17.2 Å². The first-order chi connectivity index (χ1) is 13.3. The molecule has 0 atom stereocenters. The summed E-state index contributed by atoms with van der Waals surface area (Å²) in [6.07, 6.45) is 3.89. The number of aryl methyl sites for hydroxylation is 2. The summed E-state index contributed by atoms with van der Waals surface area (Å²) < 4.78 is 28.8. The van der Waals surface area contributed by atoms with E-state index in [4.69, 9.17) is 0 Å². The second kappa shape index (κ2) is 7.21. The van der Waals surface area contributed by atoms with Crippen LogP contribution >= 0.6 is 11.3 Å². The largest absolute Gasteiger partial charge is 0.353 e. The Balaban J connectivity index is 1.53. The lowest BCUT2D eigenvalue weighted by atomic mass is 9.83. The highest BCUT2D eigenvalue weighted by Gasteiger charge is 2.49. The van der Waals surface area contributed by atoms with E-state index < -0.39 is 15.6 Å². The summed E-state index contributed by atoms with van der Waals surface area (Å²) in [6, 6.07) is 0. The van der Waals surface area contributed by atoms with Gasteiger partial charge in [-0.05, 0) is 19.8 Å². The molecule has 0 aromatic carbocycles. The average Bonchev–Trinajstić information content (AvgIpc) is 3.28. The van der Waals surface area contributed by atoms with Crippen LogP contribution in [0, 0.1) is 6.92 Å². The van der Waals surface area contributed by atoms with Crippen molar-refractivity contribution >= 4 is 27.3 Å². The van der Waals surface area contributed by atoms with Crippen molar-refractivity contribution in [1.82, 2.24) is 29.1 Å². The Kier molecular flexibility index (Phi) is 5.02. The quantitative estimate of drug-likeness (QED) is 0.760. The standard InChI is InChI=1S/C17H24N6O3S2/c1-13-20-14(11-27-13)9-22-8-5-18-16(24)17(22)3-6-23(7-4-17)28(25,26)15-10-21(2)12-19-15/h10-12H,3-9H2,1-2H3,(H,18,24). The molecule has 0 radical (unpaired) electrons. The van der Waals surface area contributed by atoms with E-state index in [0.29, 0.717) is 39.0 Å². The van der Waals surface area contributed by atoms with Gasteiger partial charge in [0.25, 0.3) is 10.0 Å². The number of hydrogen-bond donors (Lipinski definition) is 1. The van der Waals surface area contributed by atoms with E-state index in [1.165, 1.54) is 16.8 Å². The van der Waals surface area contributed by atoms with Gasteiger partial charge in [0.05, 0.1) is 17.0 Å². The maximum atomic E-state index is 12.9. The number of nitrogens with zero attached hydrogens (tertiary/aromatic N) is 5. The van der Waals surface area contributed by atoms with Crippen molar-refractivity contribution in [3.63, 3.8) is 0 Å². The lowest BCUT2D eigenvalue weighted by Crippen LogP contribution is -2.67. The molecule has 0 bridgehead atoms. The van der Waals surface area contributed by atoms with E-state index >= 15 is 0 Å². The minimum Gasteiger partial charge on any atom is -0.353 e. The van der Waals surface area contributed by atoms with Gasteiger partial charge in [-0.25, -0.2) is 18.4 Å². The fraction of sp³-hybridized carbons (Fsp3) is 0.588. The van der Waals surface area contributed by atoms with Crippen LogP contribution in [0.3, 0.4) is 0 Å². The first kappa shape index (κ1) is 19.5. The summed E-state index contributed by atoms with van der Waals surface area (Å²) in [4.78, 5) is 23.5. The van der Waals surface area contributed by atoms with Gasteiger partial charge in [-0.15, -0.1) is 11.3 Å². The van der Waals surface area contributed by atoms with E-state index in [2.05, 4.69) is 20.2 Å². The molecule has 2 fully saturated rings. The zero-order chi connectivity index (χ0) is 19.9. The molecule has 2 aromatic rings. The van der Waals surface area contributed by atoms with Crippen LogP contribution in [-0.2, 0) is 28.4 Å². The number of nitrogens with one attached hydrogen (secondary N) is 1. The van der Waals surface area contributed by atoms with Gasteiger partial charge in [0.1, 0.15) is 5.54 Å². The first-order valence-corrected chi connectivity index (χ1v) is 11.6. The summed E-state index contributed by atoms with van der Waals surface area (Å²) in [5, 5.41) is 6.05. The number of thiazole rings is 1. The third-order valence-corrected chi connectivity index (χ3v) is 8.16. The molecule has 2 aliphatic heterocycles. The van der Waals surface area contributed by atoms with Crippen LogP contribution in [0.15, 0.2) is 22.9 Å². The maximum Gasteiger partial charge on any atom is 0.262 e. The molecule has 4 rings (SSSR count). The van der Waals surface area contributed by atoms with Crippen LogP contribution in [-0.4, -0.2) is 69.8 Å². The third-order valence-electron chi connectivity index (χ3n) is 5.55. The normalized spacial score (nSPS) is 21.1. The van der Waals surface area contributed by atoms with Crippen LogP contribution in [0.2, 0.25) is 0 Å². The van der Waals surface area contributed by atoms with Gasteiger partial charge in [-0.2, -0.15) is 4.31 Å². The Bertz CT molecular complexity index is 975. The van der Waals surface area contributed by atoms with Crippen molar-refractivity contribution in [2.24, 2.45) is 7.05 Å². The lowest BCUT2D eigenvalue weighted by molar-refractivity contribution is -0.141. The SMILES string of the molecule is Cc1nc(CN2CCNC(=O)C23CCN(S(=O)(=O)c2cn(C)cn2)CC3)cs1. The van der Waals surface area contributed by atoms with Crippen molar-refractivity contribution in [2.75, 3.05) is 26.2 Å². The average molecular weight is 425 g/mol. The Labute approximate surface area is 168 Å². The zero-order valence-corrected chi connectivity index (χ0v) is 17.6. The van der Waals surface area contributed by atoms with E-state index in [-0.39, 0.29) is 10.9 Å². The number of piperazine rings is 1. The molecule has 0 aliphatic carbocycles. The fourth-order valence-electron chi connectivity index (χ4n) is 4.03. The monoisotopic (exact) mass is 424 g/mol. The zero-order valence-electron chi connectivity index (χ0n) is 16.0. The van der Waals surface area contributed by atoms with Crippen LogP contribution in [0.1, 0.15) is 23.5 Å². The summed E-state index contributed by atoms with van der Waals surface area (Å²) in [5.41, 5.74) is 0.270. The Morgan fingerprint density at radius 3 is 2.64 bits per heavy atom. The summed E-state index contributed by atoms with van der Waals surface area (Å²) in [6.45, 7) is 4.48. The molecule has 1 amide bonds. The molecule has 2 aliphatic rings. The van der Waals surface area contributed by atoms with E-state index in [9.17, 15) is 13.2 Å². The predicted octanol–water partition coefficient (Wildman–Crippen LogP) is 0.340. The van der Waals surface area contributed by atoms with Crippen molar-refractivity contribution < 1.29 is 13.2 Å². The Morgan fingerprint density at radius 2 is 2.04 bits per heavy atom. The minimum absolute atomic E-state index is 0.0133. The Hall–Kier alpha value is -1.82. The number of sulfonamides is 1. The molecule has 0 saturated carbocycles. The third kappa shape index (κ3) is 3.36. The summed E-state index contributed by atoms with van der Waals surface area (Å²) in [5.74, 6) is -0.0133. The highest BCUT2D eigenvalue weighted by atomic mass is 32.2. The molecule has 11 heteroatoms. The minimum atomic E-state index is -3.65. The highest BCUT2D eigenvalue weighted by Crippen LogP contribution is 2.34. The molecule has 152 valence electrons. The van der Waals surface area contributed by atoms with Crippen molar-refractivity contribution in [1.29, 1.82) is 0 Å². The Morgan fingerprint density at radius 1 is 1.29 bits per heavy atom. The number of carbonyl (C=O) groups excluding carboxylic acids is 1. The van der Waals surface area contributed by atoms with E-state index in [1.807, 2.05) is 12.3 Å². The van der Waals surface area contributed by atoms with Gasteiger partial charge in [-0.1, -0.05) is 0 Å². The number of carbonyl (C=O) groups is 1. The number of rotatable bonds is 4. The van der Waals surface area contributed by atoms with Crippen LogP contribution in [0.5, 0.6) is 0 Å². The van der Waals surface area contributed by atoms with Crippen LogP contribution < -0.4 is 5.32 Å². The molecule has 1 spiro atoms. The number of aromatic nitrogens is 3. The topological polar surface area (TPSA) is 100 Å². The second-order valence-electron chi connectivity index (χ2n) is 7.35. The van der Waals surface area contributed by atoms with Crippen molar-refractivity contribution in [3.8, 4) is 0 Å². The molecule has 2 saturated heterocycles. The second-order valence-corrected chi connectivity index (χ2v) is 10.3. The van der Waals surface area contributed by atoms with Crippen LogP contribution in [0.4, 0.5) is 0 Å². The molecular weight excluding hydrogens is 400 g/mol. The van der Waals surface area contributed by atoms with Crippen molar-refractivity contribution in [2.45, 2.75) is 36.9 Å². The summed E-state index contributed by atoms with van der Waals surface area (Å²) >= 11 is 1.60. The number of imidazole rings is 1. The highest BCUT2D eigenvalue weighted by molar-refractivity contribution is 7.89. The number of hydrogen-bond acceptors (Lipinski definition) is 7. The molecule has 0 unspecified atom stereocenters. The summed E-state index contributed by atoms with van der Waals surface area (Å²) in [7, 11) is -1.91. The van der Waals surface area contributed by atoms with Gasteiger partial charge in [-0.3, -0.25) is 9.69 Å². The maximum absolute atomic E-state index is 12.9. The fourth-order valence-corrected chi connectivity index (χ4v) is 6.04. The van der Waals surface area contributed by atoms with Crippen molar-refractivity contribution in [3.05, 3.63) is 28.6 Å². The molecule has 4 heterocycles. The van der Waals surface area contributed by atoms with Crippen LogP contribution in [0.25, 0.3) is 0 Å². The lowest BCUT2D eigenvalue weighted by Gasteiger charge is -2.49. The van der Waals surface area contributed by atoms with Gasteiger partial charge >= 0.3 is 0 Å². The molecular formula is C17H24N6O3S2. The van der Waals surface area contributed by atoms with Gasteiger partial charge < -0.3 is 9.88 Å². The molecule has 28 heavy (non-hydrogen) atoms. The van der Waals surface area contributed by atoms with Gasteiger partial charge in [0, 0.05) is 51.3 Å². The number of amides is 1. The van der Waals surface area contributed by atoms with E-state index in [1.54, 1.807) is 23.0 Å². The molecule has 2 aromatic heterocycles. The predicted molar refractivity (Wildman–Crippen MR) is 104 cm³/mol. The smallest absolute Gasteiger partial charge is 0.262 e. The van der Waals surface area contributed by atoms with Gasteiger partial charge in [0.2, 0.25) is 5.91 Å².